The fourth-order valence-corrected chi connectivity index (χ4v) is 3.46. The summed E-state index contributed by atoms with van der Waals surface area (Å²) in [7, 11) is 0. The molecule has 1 atom stereocenters. The molecule has 1 heterocycles. The molecule has 122 valence electrons. The monoisotopic (exact) mass is 336 g/mol. The minimum atomic E-state index is -0.878. The van der Waals surface area contributed by atoms with Crippen LogP contribution < -0.4 is 5.32 Å². The SMILES string of the molecule is Cc1csc(C(NC(=O)CCc2ccc(F)c(F)c2)C2CC2)n1. The van der Waals surface area contributed by atoms with Gasteiger partial charge in [0.25, 0.3) is 0 Å². The lowest BCUT2D eigenvalue weighted by Gasteiger charge is -2.16. The number of nitrogens with one attached hydrogen (secondary N) is 1. The zero-order valence-electron chi connectivity index (χ0n) is 12.8. The van der Waals surface area contributed by atoms with Crippen LogP contribution in [0, 0.1) is 24.5 Å². The summed E-state index contributed by atoms with van der Waals surface area (Å²) in [6.45, 7) is 1.94. The average Bonchev–Trinajstić information content (AvgIpc) is 3.27. The third kappa shape index (κ3) is 4.13. The number of carbonyl (C=O) groups is 1. The summed E-state index contributed by atoms with van der Waals surface area (Å²) in [5.41, 5.74) is 1.58. The van der Waals surface area contributed by atoms with Crippen LogP contribution >= 0.6 is 11.3 Å². The van der Waals surface area contributed by atoms with Gasteiger partial charge < -0.3 is 5.32 Å². The molecule has 1 amide bonds. The summed E-state index contributed by atoms with van der Waals surface area (Å²) in [4.78, 5) is 16.7. The first-order chi connectivity index (χ1) is 11.0. The van der Waals surface area contributed by atoms with E-state index in [-0.39, 0.29) is 18.4 Å². The molecule has 1 unspecified atom stereocenters. The van der Waals surface area contributed by atoms with Crippen LogP contribution in [-0.2, 0) is 11.2 Å². The number of rotatable bonds is 6. The first-order valence-corrected chi connectivity index (χ1v) is 8.56. The van der Waals surface area contributed by atoms with E-state index in [1.165, 1.54) is 6.07 Å². The highest BCUT2D eigenvalue weighted by atomic mass is 32.1. The van der Waals surface area contributed by atoms with Gasteiger partial charge in [0.1, 0.15) is 5.01 Å². The Bertz CT molecular complexity index is 712. The minimum absolute atomic E-state index is 0.0221. The van der Waals surface area contributed by atoms with Crippen molar-refractivity contribution in [3.8, 4) is 0 Å². The molecule has 0 radical (unpaired) electrons. The van der Waals surface area contributed by atoms with Crippen LogP contribution in [0.3, 0.4) is 0 Å². The van der Waals surface area contributed by atoms with E-state index >= 15 is 0 Å². The molecular formula is C17H18F2N2OS. The highest BCUT2D eigenvalue weighted by Gasteiger charge is 2.35. The summed E-state index contributed by atoms with van der Waals surface area (Å²) in [6.07, 6.45) is 2.84. The Kier molecular flexibility index (Phi) is 4.71. The highest BCUT2D eigenvalue weighted by Crippen LogP contribution is 2.41. The molecule has 1 aliphatic carbocycles. The first kappa shape index (κ1) is 16.1. The number of hydrogen-bond donors (Lipinski definition) is 1. The third-order valence-electron chi connectivity index (χ3n) is 3.94. The summed E-state index contributed by atoms with van der Waals surface area (Å²) in [5, 5.41) is 5.98. The third-order valence-corrected chi connectivity index (χ3v) is 4.98. The van der Waals surface area contributed by atoms with Gasteiger partial charge >= 0.3 is 0 Å². The molecule has 1 fully saturated rings. The highest BCUT2D eigenvalue weighted by molar-refractivity contribution is 7.09. The molecule has 6 heteroatoms. The zero-order valence-corrected chi connectivity index (χ0v) is 13.6. The van der Waals surface area contributed by atoms with E-state index in [4.69, 9.17) is 0 Å². The summed E-state index contributed by atoms with van der Waals surface area (Å²) >= 11 is 1.57. The average molecular weight is 336 g/mol. The summed E-state index contributed by atoms with van der Waals surface area (Å²) in [5.74, 6) is -1.37. The Morgan fingerprint density at radius 2 is 2.17 bits per heavy atom. The van der Waals surface area contributed by atoms with E-state index in [2.05, 4.69) is 10.3 Å². The molecule has 1 saturated carbocycles. The Hall–Kier alpha value is -1.82. The molecule has 1 aromatic heterocycles. The number of halogens is 2. The van der Waals surface area contributed by atoms with Crippen LogP contribution in [0.4, 0.5) is 8.78 Å². The van der Waals surface area contributed by atoms with Crippen molar-refractivity contribution in [1.29, 1.82) is 0 Å². The van der Waals surface area contributed by atoms with E-state index in [1.54, 1.807) is 11.3 Å². The summed E-state index contributed by atoms with van der Waals surface area (Å²) in [6, 6.07) is 3.72. The second-order valence-corrected chi connectivity index (χ2v) is 6.85. The number of aryl methyl sites for hydroxylation is 2. The Morgan fingerprint density at radius 3 is 2.78 bits per heavy atom. The Labute approximate surface area is 137 Å². The van der Waals surface area contributed by atoms with Crippen molar-refractivity contribution in [2.24, 2.45) is 5.92 Å². The van der Waals surface area contributed by atoms with Gasteiger partial charge in [0.2, 0.25) is 5.91 Å². The molecular weight excluding hydrogens is 318 g/mol. The van der Waals surface area contributed by atoms with Crippen LogP contribution in [0.15, 0.2) is 23.6 Å². The zero-order chi connectivity index (χ0) is 16.4. The number of nitrogens with zero attached hydrogens (tertiary/aromatic N) is 1. The van der Waals surface area contributed by atoms with Crippen molar-refractivity contribution in [3.63, 3.8) is 0 Å². The van der Waals surface area contributed by atoms with E-state index in [1.807, 2.05) is 12.3 Å². The van der Waals surface area contributed by atoms with Crippen molar-refractivity contribution in [2.75, 3.05) is 0 Å². The van der Waals surface area contributed by atoms with Crippen molar-refractivity contribution in [3.05, 3.63) is 51.5 Å². The lowest BCUT2D eigenvalue weighted by Crippen LogP contribution is -2.30. The molecule has 0 spiro atoms. The van der Waals surface area contributed by atoms with Gasteiger partial charge in [-0.1, -0.05) is 6.07 Å². The molecule has 1 aliphatic rings. The minimum Gasteiger partial charge on any atom is -0.347 e. The van der Waals surface area contributed by atoms with Crippen molar-refractivity contribution < 1.29 is 13.6 Å². The van der Waals surface area contributed by atoms with Crippen LogP contribution in [0.25, 0.3) is 0 Å². The predicted molar refractivity (Wildman–Crippen MR) is 85.1 cm³/mol. The number of hydrogen-bond acceptors (Lipinski definition) is 3. The standard InChI is InChI=1S/C17H18F2N2OS/c1-10-9-23-17(20-10)16(12-4-5-12)21-15(22)7-3-11-2-6-13(18)14(19)8-11/h2,6,8-9,12,16H,3-5,7H2,1H3,(H,21,22). The quantitative estimate of drug-likeness (QED) is 0.868. The van der Waals surface area contributed by atoms with Crippen LogP contribution in [0.1, 0.15) is 41.6 Å². The fraction of sp³-hybridized carbons (Fsp3) is 0.412. The lowest BCUT2D eigenvalue weighted by atomic mass is 10.1. The number of aromatic nitrogens is 1. The van der Waals surface area contributed by atoms with Crippen molar-refractivity contribution in [2.45, 2.75) is 38.6 Å². The molecule has 3 rings (SSSR count). The second kappa shape index (κ2) is 6.74. The summed E-state index contributed by atoms with van der Waals surface area (Å²) < 4.78 is 26.1. The maximum Gasteiger partial charge on any atom is 0.220 e. The van der Waals surface area contributed by atoms with Crippen molar-refractivity contribution in [1.82, 2.24) is 10.3 Å². The fourth-order valence-electron chi connectivity index (χ4n) is 2.52. The lowest BCUT2D eigenvalue weighted by molar-refractivity contribution is -0.122. The maximum absolute atomic E-state index is 13.2. The molecule has 1 aromatic carbocycles. The van der Waals surface area contributed by atoms with E-state index in [0.717, 1.165) is 35.7 Å². The van der Waals surface area contributed by atoms with Crippen LogP contribution in [0.5, 0.6) is 0 Å². The molecule has 2 aromatic rings. The second-order valence-electron chi connectivity index (χ2n) is 5.96. The van der Waals surface area contributed by atoms with Gasteiger partial charge in [0, 0.05) is 17.5 Å². The molecule has 0 bridgehead atoms. The number of amides is 1. The van der Waals surface area contributed by atoms with E-state index in [0.29, 0.717) is 17.9 Å². The largest absolute Gasteiger partial charge is 0.347 e. The van der Waals surface area contributed by atoms with Gasteiger partial charge in [-0.05, 0) is 49.8 Å². The normalized spacial score (nSPS) is 15.4. The van der Waals surface area contributed by atoms with E-state index < -0.39 is 11.6 Å². The van der Waals surface area contributed by atoms with Crippen LogP contribution in [0.2, 0.25) is 0 Å². The van der Waals surface area contributed by atoms with Crippen molar-refractivity contribution >= 4 is 17.2 Å². The van der Waals surface area contributed by atoms with Gasteiger partial charge in [-0.2, -0.15) is 0 Å². The molecule has 0 saturated heterocycles. The van der Waals surface area contributed by atoms with Gasteiger partial charge in [0.05, 0.1) is 6.04 Å². The van der Waals surface area contributed by atoms with Gasteiger partial charge in [-0.25, -0.2) is 13.8 Å². The van der Waals surface area contributed by atoms with Gasteiger partial charge in [0.15, 0.2) is 11.6 Å². The van der Waals surface area contributed by atoms with Gasteiger partial charge in [-0.15, -0.1) is 11.3 Å². The smallest absolute Gasteiger partial charge is 0.220 e. The number of benzene rings is 1. The topological polar surface area (TPSA) is 42.0 Å². The Balaban J connectivity index is 1.58. The Morgan fingerprint density at radius 1 is 1.39 bits per heavy atom. The number of carbonyl (C=O) groups excluding carboxylic acids is 1. The van der Waals surface area contributed by atoms with Crippen LogP contribution in [-0.4, -0.2) is 10.9 Å². The maximum atomic E-state index is 13.2. The molecule has 3 nitrogen and oxygen atoms in total. The molecule has 1 N–H and O–H groups in total. The van der Waals surface area contributed by atoms with E-state index in [9.17, 15) is 13.6 Å². The predicted octanol–water partition coefficient (Wildman–Crippen LogP) is 3.93. The molecule has 0 aliphatic heterocycles. The number of thiazole rings is 1. The van der Waals surface area contributed by atoms with Gasteiger partial charge in [-0.3, -0.25) is 4.79 Å². The molecule has 23 heavy (non-hydrogen) atoms. The first-order valence-electron chi connectivity index (χ1n) is 7.68.